The number of aryl methyl sites for hydroxylation is 1. The van der Waals surface area contributed by atoms with Crippen LogP contribution in [0.3, 0.4) is 0 Å². The smallest absolute Gasteiger partial charge is 0.253 e. The number of carbonyl (C=O) groups excluding carboxylic acids is 1. The molecular weight excluding hydrogens is 326 g/mol. The molecule has 0 radical (unpaired) electrons. The Morgan fingerprint density at radius 3 is 2.67 bits per heavy atom. The highest BCUT2D eigenvalue weighted by Gasteiger charge is 2.33. The number of imidazole rings is 1. The molecule has 1 unspecified atom stereocenters. The Kier molecular flexibility index (Phi) is 3.46. The van der Waals surface area contributed by atoms with Gasteiger partial charge in [-0.2, -0.15) is 0 Å². The van der Waals surface area contributed by atoms with E-state index >= 15 is 0 Å². The van der Waals surface area contributed by atoms with E-state index in [1.165, 1.54) is 12.8 Å². The van der Waals surface area contributed by atoms with E-state index in [9.17, 15) is 13.2 Å². The fraction of sp³-hybridized carbons (Fsp3) is 0.529. The van der Waals surface area contributed by atoms with E-state index in [1.807, 2.05) is 25.2 Å². The molecule has 6 nitrogen and oxygen atoms in total. The number of hydrogen-bond donors (Lipinski definition) is 0. The SMILES string of the molecule is CN(C(=O)c1ccc2c(c1)nc(C1CC1)n2C)C1CCS(=O)(=O)C1. The molecular formula is C17H21N3O3S. The van der Waals surface area contributed by atoms with E-state index < -0.39 is 9.84 Å². The zero-order valence-electron chi connectivity index (χ0n) is 13.9. The third kappa shape index (κ3) is 2.60. The molecule has 1 aromatic carbocycles. The Hall–Kier alpha value is -1.89. The molecule has 2 fully saturated rings. The predicted molar refractivity (Wildman–Crippen MR) is 91.8 cm³/mol. The van der Waals surface area contributed by atoms with Gasteiger partial charge in [-0.25, -0.2) is 13.4 Å². The van der Waals surface area contributed by atoms with Crippen molar-refractivity contribution in [3.63, 3.8) is 0 Å². The number of nitrogens with zero attached hydrogens (tertiary/aromatic N) is 3. The van der Waals surface area contributed by atoms with Crippen LogP contribution in [0.4, 0.5) is 0 Å². The summed E-state index contributed by atoms with van der Waals surface area (Å²) in [6.07, 6.45) is 2.88. The van der Waals surface area contributed by atoms with Gasteiger partial charge in [0.15, 0.2) is 9.84 Å². The molecule has 1 aliphatic heterocycles. The van der Waals surface area contributed by atoms with Gasteiger partial charge in [-0.15, -0.1) is 0 Å². The van der Waals surface area contributed by atoms with E-state index in [-0.39, 0.29) is 23.5 Å². The van der Waals surface area contributed by atoms with Crippen LogP contribution in [0.1, 0.15) is 41.4 Å². The molecule has 1 amide bonds. The van der Waals surface area contributed by atoms with Gasteiger partial charge in [0.25, 0.3) is 5.91 Å². The van der Waals surface area contributed by atoms with Crippen LogP contribution in [0.5, 0.6) is 0 Å². The van der Waals surface area contributed by atoms with Crippen molar-refractivity contribution in [1.82, 2.24) is 14.5 Å². The van der Waals surface area contributed by atoms with Gasteiger partial charge in [0.05, 0.1) is 22.5 Å². The number of fused-ring (bicyclic) bond motifs is 1. The summed E-state index contributed by atoms with van der Waals surface area (Å²) in [6, 6.07) is 5.33. The van der Waals surface area contributed by atoms with E-state index in [0.29, 0.717) is 17.9 Å². The first kappa shape index (κ1) is 15.6. The first-order chi connectivity index (χ1) is 11.4. The van der Waals surface area contributed by atoms with Crippen LogP contribution in [0.2, 0.25) is 0 Å². The third-order valence-corrected chi connectivity index (χ3v) is 6.93. The number of benzene rings is 1. The van der Waals surface area contributed by atoms with Crippen LogP contribution >= 0.6 is 0 Å². The van der Waals surface area contributed by atoms with E-state index in [1.54, 1.807) is 11.9 Å². The molecule has 1 saturated carbocycles. The van der Waals surface area contributed by atoms with Gasteiger partial charge in [0, 0.05) is 31.6 Å². The van der Waals surface area contributed by atoms with Gasteiger partial charge in [0.1, 0.15) is 5.82 Å². The summed E-state index contributed by atoms with van der Waals surface area (Å²) in [6.45, 7) is 0. The summed E-state index contributed by atoms with van der Waals surface area (Å²) in [4.78, 5) is 19.0. The molecule has 7 heteroatoms. The minimum absolute atomic E-state index is 0.0624. The second-order valence-corrected chi connectivity index (χ2v) is 9.21. The molecule has 24 heavy (non-hydrogen) atoms. The van der Waals surface area contributed by atoms with Gasteiger partial charge in [-0.05, 0) is 37.5 Å². The van der Waals surface area contributed by atoms with Gasteiger partial charge in [0.2, 0.25) is 0 Å². The van der Waals surface area contributed by atoms with Crippen molar-refractivity contribution in [2.24, 2.45) is 7.05 Å². The fourth-order valence-corrected chi connectivity index (χ4v) is 5.28. The Bertz CT molecular complexity index is 928. The number of hydrogen-bond acceptors (Lipinski definition) is 4. The Morgan fingerprint density at radius 1 is 1.29 bits per heavy atom. The summed E-state index contributed by atoms with van der Waals surface area (Å²) in [5.74, 6) is 1.72. The van der Waals surface area contributed by atoms with E-state index in [0.717, 1.165) is 16.9 Å². The summed E-state index contributed by atoms with van der Waals surface area (Å²) in [5, 5.41) is 0. The van der Waals surface area contributed by atoms with Crippen LogP contribution in [0, 0.1) is 0 Å². The monoisotopic (exact) mass is 347 g/mol. The lowest BCUT2D eigenvalue weighted by Gasteiger charge is -2.23. The minimum atomic E-state index is -3.01. The van der Waals surface area contributed by atoms with Crippen molar-refractivity contribution < 1.29 is 13.2 Å². The summed E-state index contributed by atoms with van der Waals surface area (Å²) in [7, 11) is 0.695. The molecule has 2 aromatic rings. The van der Waals surface area contributed by atoms with Crippen LogP contribution < -0.4 is 0 Å². The number of sulfone groups is 1. The molecule has 2 heterocycles. The first-order valence-electron chi connectivity index (χ1n) is 8.30. The molecule has 0 bridgehead atoms. The van der Waals surface area contributed by atoms with Crippen LogP contribution in [-0.4, -0.2) is 53.4 Å². The highest BCUT2D eigenvalue weighted by atomic mass is 32.2. The second-order valence-electron chi connectivity index (χ2n) is 6.98. The van der Waals surface area contributed by atoms with Crippen molar-refractivity contribution in [1.29, 1.82) is 0 Å². The molecule has 1 atom stereocenters. The summed E-state index contributed by atoms with van der Waals surface area (Å²) >= 11 is 0. The zero-order valence-corrected chi connectivity index (χ0v) is 14.7. The lowest BCUT2D eigenvalue weighted by atomic mass is 10.1. The number of amides is 1. The maximum Gasteiger partial charge on any atom is 0.253 e. The van der Waals surface area contributed by atoms with Crippen molar-refractivity contribution in [2.45, 2.75) is 31.2 Å². The summed E-state index contributed by atoms with van der Waals surface area (Å²) < 4.78 is 25.4. The lowest BCUT2D eigenvalue weighted by molar-refractivity contribution is 0.0748. The van der Waals surface area contributed by atoms with Gasteiger partial charge in [-0.3, -0.25) is 4.79 Å². The Labute approximate surface area is 141 Å². The maximum atomic E-state index is 12.7. The van der Waals surface area contributed by atoms with Crippen molar-refractivity contribution >= 4 is 26.8 Å². The first-order valence-corrected chi connectivity index (χ1v) is 10.1. The standard InChI is InChI=1S/C17H21N3O3S/c1-19(13-7-8-24(22,23)10-13)17(21)12-5-6-15-14(9-12)18-16(20(15)2)11-3-4-11/h5-6,9,11,13H,3-4,7-8,10H2,1-2H3. The zero-order chi connectivity index (χ0) is 17.1. The Balaban J connectivity index is 1.62. The normalized spacial score (nSPS) is 22.8. The van der Waals surface area contributed by atoms with E-state index in [2.05, 4.69) is 4.57 Å². The Morgan fingerprint density at radius 2 is 2.04 bits per heavy atom. The lowest BCUT2D eigenvalue weighted by Crippen LogP contribution is -2.37. The number of aromatic nitrogens is 2. The van der Waals surface area contributed by atoms with Crippen molar-refractivity contribution in [3.05, 3.63) is 29.6 Å². The van der Waals surface area contributed by atoms with Crippen LogP contribution in [0.15, 0.2) is 18.2 Å². The molecule has 4 rings (SSSR count). The van der Waals surface area contributed by atoms with Gasteiger partial charge >= 0.3 is 0 Å². The fourth-order valence-electron chi connectivity index (χ4n) is 3.51. The van der Waals surface area contributed by atoms with Crippen LogP contribution in [0.25, 0.3) is 11.0 Å². The topological polar surface area (TPSA) is 72.3 Å². The summed E-state index contributed by atoms with van der Waals surface area (Å²) in [5.41, 5.74) is 2.42. The van der Waals surface area contributed by atoms with Gasteiger partial charge < -0.3 is 9.47 Å². The highest BCUT2D eigenvalue weighted by Crippen LogP contribution is 2.40. The number of carbonyl (C=O) groups is 1. The average molecular weight is 347 g/mol. The van der Waals surface area contributed by atoms with E-state index in [4.69, 9.17) is 4.98 Å². The molecule has 1 aliphatic carbocycles. The minimum Gasteiger partial charge on any atom is -0.338 e. The second kappa shape index (κ2) is 5.31. The van der Waals surface area contributed by atoms with Crippen molar-refractivity contribution in [2.75, 3.05) is 18.6 Å². The molecule has 128 valence electrons. The highest BCUT2D eigenvalue weighted by molar-refractivity contribution is 7.91. The maximum absolute atomic E-state index is 12.7. The molecule has 2 aliphatic rings. The third-order valence-electron chi connectivity index (χ3n) is 5.18. The van der Waals surface area contributed by atoms with Crippen LogP contribution in [-0.2, 0) is 16.9 Å². The van der Waals surface area contributed by atoms with Crippen molar-refractivity contribution in [3.8, 4) is 0 Å². The molecule has 1 saturated heterocycles. The van der Waals surface area contributed by atoms with Gasteiger partial charge in [-0.1, -0.05) is 0 Å². The molecule has 1 aromatic heterocycles. The quantitative estimate of drug-likeness (QED) is 0.847. The molecule has 0 N–H and O–H groups in total. The molecule has 0 spiro atoms. The largest absolute Gasteiger partial charge is 0.338 e. The predicted octanol–water partition coefficient (Wildman–Crippen LogP) is 1.71. The number of rotatable bonds is 3. The average Bonchev–Trinajstić information content (AvgIpc) is 3.26.